The van der Waals surface area contributed by atoms with Crippen molar-refractivity contribution < 1.29 is 0 Å². The van der Waals surface area contributed by atoms with E-state index in [1.165, 1.54) is 6.42 Å². The molecule has 0 saturated heterocycles. The summed E-state index contributed by atoms with van der Waals surface area (Å²) >= 11 is 1.70. The Bertz CT molecular complexity index is 245. The van der Waals surface area contributed by atoms with Crippen molar-refractivity contribution in [3.05, 3.63) is 10.0 Å². The standard InChI is InChI=1S/C9H17N3S/c1-7(2)3-4-8-11-12-9(13-8)5-6-10/h7H,3-6,10H2,1-2H3. The summed E-state index contributed by atoms with van der Waals surface area (Å²) in [6.07, 6.45) is 3.11. The molecule has 4 heteroatoms. The lowest BCUT2D eigenvalue weighted by Gasteiger charge is -1.99. The average Bonchev–Trinajstić information content (AvgIpc) is 2.50. The summed E-state index contributed by atoms with van der Waals surface area (Å²) in [5.74, 6) is 0.738. The molecule has 2 N–H and O–H groups in total. The van der Waals surface area contributed by atoms with E-state index in [4.69, 9.17) is 5.73 Å². The van der Waals surface area contributed by atoms with Crippen LogP contribution < -0.4 is 5.73 Å². The van der Waals surface area contributed by atoms with Crippen molar-refractivity contribution in [1.82, 2.24) is 10.2 Å². The Morgan fingerprint density at radius 2 is 1.85 bits per heavy atom. The maximum Gasteiger partial charge on any atom is 0.118 e. The lowest BCUT2D eigenvalue weighted by molar-refractivity contribution is 0.583. The summed E-state index contributed by atoms with van der Waals surface area (Å²) in [6.45, 7) is 5.11. The summed E-state index contributed by atoms with van der Waals surface area (Å²) in [6, 6.07) is 0. The van der Waals surface area contributed by atoms with E-state index < -0.39 is 0 Å². The van der Waals surface area contributed by atoms with Crippen LogP contribution in [0.5, 0.6) is 0 Å². The molecule has 74 valence electrons. The largest absolute Gasteiger partial charge is 0.330 e. The normalized spacial score (nSPS) is 11.1. The molecule has 0 spiro atoms. The summed E-state index contributed by atoms with van der Waals surface area (Å²) in [4.78, 5) is 0. The molecule has 0 radical (unpaired) electrons. The molecule has 0 aliphatic carbocycles. The fraction of sp³-hybridized carbons (Fsp3) is 0.778. The van der Waals surface area contributed by atoms with Crippen LogP contribution in [0, 0.1) is 5.92 Å². The number of hydrogen-bond acceptors (Lipinski definition) is 4. The summed E-state index contributed by atoms with van der Waals surface area (Å²) in [5.41, 5.74) is 5.43. The molecule has 3 nitrogen and oxygen atoms in total. The molecule has 13 heavy (non-hydrogen) atoms. The number of nitrogens with zero attached hydrogens (tertiary/aromatic N) is 2. The van der Waals surface area contributed by atoms with Gasteiger partial charge < -0.3 is 5.73 Å². The zero-order valence-electron chi connectivity index (χ0n) is 8.29. The van der Waals surface area contributed by atoms with Crippen LogP contribution in [0.1, 0.15) is 30.3 Å². The van der Waals surface area contributed by atoms with Crippen LogP contribution in [0.2, 0.25) is 0 Å². The zero-order chi connectivity index (χ0) is 9.68. The van der Waals surface area contributed by atoms with Crippen LogP contribution in [0.25, 0.3) is 0 Å². The van der Waals surface area contributed by atoms with Gasteiger partial charge in [0.15, 0.2) is 0 Å². The molecule has 0 atom stereocenters. The first-order valence-electron chi connectivity index (χ1n) is 4.73. The number of aromatic nitrogens is 2. The van der Waals surface area contributed by atoms with E-state index in [1.807, 2.05) is 0 Å². The maximum atomic E-state index is 5.43. The zero-order valence-corrected chi connectivity index (χ0v) is 9.10. The number of rotatable bonds is 5. The van der Waals surface area contributed by atoms with Crippen LogP contribution in [0.4, 0.5) is 0 Å². The third kappa shape index (κ3) is 3.83. The van der Waals surface area contributed by atoms with E-state index in [-0.39, 0.29) is 0 Å². The number of aryl methyl sites for hydroxylation is 1. The summed E-state index contributed by atoms with van der Waals surface area (Å²) < 4.78 is 0. The van der Waals surface area contributed by atoms with Gasteiger partial charge >= 0.3 is 0 Å². The lowest BCUT2D eigenvalue weighted by Crippen LogP contribution is -2.01. The molecule has 0 aliphatic rings. The van der Waals surface area contributed by atoms with Crippen molar-refractivity contribution >= 4 is 11.3 Å². The Kier molecular flexibility index (Phi) is 4.32. The van der Waals surface area contributed by atoms with Crippen LogP contribution in [-0.4, -0.2) is 16.7 Å². The SMILES string of the molecule is CC(C)CCc1nnc(CCN)s1. The van der Waals surface area contributed by atoms with Gasteiger partial charge in [0.25, 0.3) is 0 Å². The van der Waals surface area contributed by atoms with Gasteiger partial charge in [-0.15, -0.1) is 21.5 Å². The number of nitrogens with two attached hydrogens (primary N) is 1. The van der Waals surface area contributed by atoms with Crippen LogP contribution in [-0.2, 0) is 12.8 Å². The molecule has 1 aromatic rings. The van der Waals surface area contributed by atoms with Crippen LogP contribution in [0.15, 0.2) is 0 Å². The first-order chi connectivity index (χ1) is 6.22. The Hall–Kier alpha value is -0.480. The Labute approximate surface area is 83.4 Å². The van der Waals surface area contributed by atoms with E-state index in [9.17, 15) is 0 Å². The van der Waals surface area contributed by atoms with Crippen molar-refractivity contribution in [1.29, 1.82) is 0 Å². The van der Waals surface area contributed by atoms with Crippen molar-refractivity contribution in [3.63, 3.8) is 0 Å². The summed E-state index contributed by atoms with van der Waals surface area (Å²) in [7, 11) is 0. The van der Waals surface area contributed by atoms with E-state index in [1.54, 1.807) is 11.3 Å². The molecular weight excluding hydrogens is 182 g/mol. The first kappa shape index (κ1) is 10.6. The van der Waals surface area contributed by atoms with Gasteiger partial charge in [-0.3, -0.25) is 0 Å². The maximum absolute atomic E-state index is 5.43. The minimum atomic E-state index is 0.665. The van der Waals surface area contributed by atoms with Gasteiger partial charge in [-0.2, -0.15) is 0 Å². The van der Waals surface area contributed by atoms with Crippen molar-refractivity contribution in [3.8, 4) is 0 Å². The van der Waals surface area contributed by atoms with Gasteiger partial charge in [0.1, 0.15) is 10.0 Å². The number of hydrogen-bond donors (Lipinski definition) is 1. The van der Waals surface area contributed by atoms with E-state index in [0.717, 1.165) is 28.8 Å². The van der Waals surface area contributed by atoms with E-state index in [0.29, 0.717) is 6.54 Å². The highest BCUT2D eigenvalue weighted by Crippen LogP contribution is 2.14. The molecular formula is C9H17N3S. The van der Waals surface area contributed by atoms with Gasteiger partial charge in [-0.05, 0) is 18.9 Å². The molecule has 0 amide bonds. The second-order valence-corrected chi connectivity index (χ2v) is 4.71. The average molecular weight is 199 g/mol. The Morgan fingerprint density at radius 1 is 1.23 bits per heavy atom. The molecule has 0 saturated carbocycles. The third-order valence-corrected chi connectivity index (χ3v) is 2.85. The highest BCUT2D eigenvalue weighted by molar-refractivity contribution is 7.11. The fourth-order valence-corrected chi connectivity index (χ4v) is 1.90. The Balaban J connectivity index is 2.39. The molecule has 1 heterocycles. The van der Waals surface area contributed by atoms with E-state index >= 15 is 0 Å². The predicted molar refractivity (Wildman–Crippen MR) is 55.8 cm³/mol. The first-order valence-corrected chi connectivity index (χ1v) is 5.55. The lowest BCUT2D eigenvalue weighted by atomic mass is 10.1. The molecule has 1 rings (SSSR count). The highest BCUT2D eigenvalue weighted by Gasteiger charge is 2.03. The topological polar surface area (TPSA) is 51.8 Å². The van der Waals surface area contributed by atoms with E-state index in [2.05, 4.69) is 24.0 Å². The smallest absolute Gasteiger partial charge is 0.118 e. The second-order valence-electron chi connectivity index (χ2n) is 3.56. The Morgan fingerprint density at radius 3 is 2.38 bits per heavy atom. The molecule has 0 aromatic carbocycles. The quantitative estimate of drug-likeness (QED) is 0.784. The van der Waals surface area contributed by atoms with Gasteiger partial charge in [0.05, 0.1) is 0 Å². The van der Waals surface area contributed by atoms with Crippen LogP contribution in [0.3, 0.4) is 0 Å². The van der Waals surface area contributed by atoms with Gasteiger partial charge in [-0.25, -0.2) is 0 Å². The third-order valence-electron chi connectivity index (χ3n) is 1.80. The highest BCUT2D eigenvalue weighted by atomic mass is 32.1. The predicted octanol–water partition coefficient (Wildman–Crippen LogP) is 1.63. The minimum absolute atomic E-state index is 0.665. The molecule has 0 bridgehead atoms. The molecule has 0 fully saturated rings. The van der Waals surface area contributed by atoms with Crippen LogP contribution >= 0.6 is 11.3 Å². The van der Waals surface area contributed by atoms with Gasteiger partial charge in [-0.1, -0.05) is 13.8 Å². The molecule has 0 unspecified atom stereocenters. The molecule has 0 aliphatic heterocycles. The van der Waals surface area contributed by atoms with Crippen molar-refractivity contribution in [2.45, 2.75) is 33.1 Å². The summed E-state index contributed by atoms with van der Waals surface area (Å²) in [5, 5.41) is 10.4. The minimum Gasteiger partial charge on any atom is -0.330 e. The second kappa shape index (κ2) is 5.29. The van der Waals surface area contributed by atoms with Gasteiger partial charge in [0.2, 0.25) is 0 Å². The van der Waals surface area contributed by atoms with Crippen molar-refractivity contribution in [2.75, 3.05) is 6.54 Å². The molecule has 1 aromatic heterocycles. The van der Waals surface area contributed by atoms with Gasteiger partial charge in [0, 0.05) is 12.8 Å². The monoisotopic (exact) mass is 199 g/mol. The van der Waals surface area contributed by atoms with Crippen molar-refractivity contribution in [2.24, 2.45) is 11.7 Å². The fourth-order valence-electron chi connectivity index (χ4n) is 1.03.